The SMILES string of the molecule is O=C(C[NH+]1CCN(C(=O)c2ccccc2)CC1)Nc1ccc(Cl)cc1[N+](=O)[O-]. The zero-order chi connectivity index (χ0) is 20.1. The van der Waals surface area contributed by atoms with Crippen LogP contribution in [0.1, 0.15) is 10.4 Å². The molecule has 0 unspecified atom stereocenters. The quantitative estimate of drug-likeness (QED) is 0.579. The Morgan fingerprint density at radius 3 is 2.46 bits per heavy atom. The zero-order valence-corrected chi connectivity index (χ0v) is 15.8. The normalized spacial score (nSPS) is 14.5. The minimum absolute atomic E-state index is 0.0131. The number of halogens is 1. The van der Waals surface area contributed by atoms with Crippen LogP contribution in [0.5, 0.6) is 0 Å². The lowest BCUT2D eigenvalue weighted by Crippen LogP contribution is -3.15. The summed E-state index contributed by atoms with van der Waals surface area (Å²) in [6.45, 7) is 2.55. The van der Waals surface area contributed by atoms with Crippen LogP contribution in [0.3, 0.4) is 0 Å². The highest BCUT2D eigenvalue weighted by Gasteiger charge is 2.26. The average molecular weight is 404 g/mol. The first kappa shape index (κ1) is 19.8. The number of nitrogens with zero attached hydrogens (tertiary/aromatic N) is 2. The van der Waals surface area contributed by atoms with E-state index < -0.39 is 4.92 Å². The summed E-state index contributed by atoms with van der Waals surface area (Å²) in [6.07, 6.45) is 0. The largest absolute Gasteiger partial charge is 0.327 e. The second-order valence-corrected chi connectivity index (χ2v) is 6.99. The number of carbonyl (C=O) groups excluding carboxylic acids is 2. The van der Waals surface area contributed by atoms with Gasteiger partial charge < -0.3 is 15.1 Å². The van der Waals surface area contributed by atoms with Gasteiger partial charge in [-0.2, -0.15) is 0 Å². The maximum Gasteiger partial charge on any atom is 0.294 e. The molecular weight excluding hydrogens is 384 g/mol. The van der Waals surface area contributed by atoms with Crippen molar-refractivity contribution < 1.29 is 19.4 Å². The summed E-state index contributed by atoms with van der Waals surface area (Å²) in [7, 11) is 0. The minimum Gasteiger partial charge on any atom is -0.327 e. The molecule has 0 aliphatic carbocycles. The van der Waals surface area contributed by atoms with Crippen molar-refractivity contribution in [2.24, 2.45) is 0 Å². The van der Waals surface area contributed by atoms with E-state index in [0.717, 1.165) is 4.90 Å². The molecule has 0 radical (unpaired) electrons. The summed E-state index contributed by atoms with van der Waals surface area (Å²) >= 11 is 5.78. The van der Waals surface area contributed by atoms with Crippen molar-refractivity contribution in [1.82, 2.24) is 4.90 Å². The van der Waals surface area contributed by atoms with Crippen LogP contribution in [0.2, 0.25) is 5.02 Å². The van der Waals surface area contributed by atoms with Gasteiger partial charge in [0.2, 0.25) is 0 Å². The van der Waals surface area contributed by atoms with Gasteiger partial charge in [0.05, 0.1) is 31.1 Å². The molecule has 1 fully saturated rings. The second kappa shape index (κ2) is 8.81. The fourth-order valence-electron chi connectivity index (χ4n) is 3.15. The minimum atomic E-state index is -0.581. The van der Waals surface area contributed by atoms with Crippen LogP contribution in [-0.2, 0) is 4.79 Å². The molecule has 9 heteroatoms. The highest BCUT2D eigenvalue weighted by atomic mass is 35.5. The summed E-state index contributed by atoms with van der Waals surface area (Å²) in [5, 5.41) is 13.9. The van der Waals surface area contributed by atoms with Gasteiger partial charge in [-0.25, -0.2) is 0 Å². The van der Waals surface area contributed by atoms with E-state index in [4.69, 9.17) is 11.6 Å². The highest BCUT2D eigenvalue weighted by Crippen LogP contribution is 2.27. The number of hydrogen-bond acceptors (Lipinski definition) is 4. The van der Waals surface area contributed by atoms with Crippen molar-refractivity contribution in [3.05, 3.63) is 69.2 Å². The molecule has 28 heavy (non-hydrogen) atoms. The fraction of sp³-hybridized carbons (Fsp3) is 0.263. The molecule has 2 aromatic carbocycles. The number of piperazine rings is 1. The van der Waals surface area contributed by atoms with Crippen molar-refractivity contribution in [3.8, 4) is 0 Å². The van der Waals surface area contributed by atoms with E-state index in [-0.39, 0.29) is 34.8 Å². The van der Waals surface area contributed by atoms with E-state index in [1.165, 1.54) is 18.2 Å². The molecular formula is C19H20ClN4O4+. The van der Waals surface area contributed by atoms with E-state index in [2.05, 4.69) is 5.32 Å². The van der Waals surface area contributed by atoms with Crippen molar-refractivity contribution in [2.45, 2.75) is 0 Å². The summed E-state index contributed by atoms with van der Waals surface area (Å²) in [4.78, 5) is 38.1. The molecule has 146 valence electrons. The monoisotopic (exact) mass is 403 g/mol. The second-order valence-electron chi connectivity index (χ2n) is 6.55. The first-order valence-corrected chi connectivity index (χ1v) is 9.23. The summed E-state index contributed by atoms with van der Waals surface area (Å²) in [5.41, 5.74) is 0.532. The highest BCUT2D eigenvalue weighted by molar-refractivity contribution is 6.31. The van der Waals surface area contributed by atoms with E-state index in [1.54, 1.807) is 17.0 Å². The standard InChI is InChI=1S/C19H19ClN4O4/c20-15-6-7-16(17(12-15)24(27)28)21-18(25)13-22-8-10-23(11-9-22)19(26)14-4-2-1-3-5-14/h1-7,12H,8-11,13H2,(H,21,25)/p+1. The van der Waals surface area contributed by atoms with Crippen LogP contribution >= 0.6 is 11.6 Å². The Bertz CT molecular complexity index is 883. The maximum absolute atomic E-state index is 12.5. The number of nitro groups is 1. The van der Waals surface area contributed by atoms with E-state index in [1.807, 2.05) is 18.2 Å². The van der Waals surface area contributed by atoms with Crippen molar-refractivity contribution in [2.75, 3.05) is 38.0 Å². The van der Waals surface area contributed by atoms with Crippen molar-refractivity contribution in [1.29, 1.82) is 0 Å². The number of nitro benzene ring substituents is 1. The summed E-state index contributed by atoms with van der Waals surface area (Å²) in [6, 6.07) is 13.2. The molecule has 2 aromatic rings. The molecule has 2 amide bonds. The topological polar surface area (TPSA) is 97.0 Å². The molecule has 1 aliphatic rings. The van der Waals surface area contributed by atoms with Crippen LogP contribution in [0, 0.1) is 10.1 Å². The van der Waals surface area contributed by atoms with Gasteiger partial charge in [0, 0.05) is 16.7 Å². The fourth-order valence-corrected chi connectivity index (χ4v) is 3.32. The maximum atomic E-state index is 12.5. The molecule has 1 heterocycles. The van der Waals surface area contributed by atoms with Crippen LogP contribution in [-0.4, -0.2) is 54.4 Å². The van der Waals surface area contributed by atoms with Gasteiger partial charge in [-0.15, -0.1) is 0 Å². The van der Waals surface area contributed by atoms with Gasteiger partial charge in [-0.3, -0.25) is 19.7 Å². The van der Waals surface area contributed by atoms with Gasteiger partial charge in [-0.05, 0) is 24.3 Å². The van der Waals surface area contributed by atoms with Crippen LogP contribution in [0.25, 0.3) is 0 Å². The van der Waals surface area contributed by atoms with Gasteiger partial charge in [-0.1, -0.05) is 29.8 Å². The lowest BCUT2D eigenvalue weighted by molar-refractivity contribution is -0.895. The van der Waals surface area contributed by atoms with E-state index >= 15 is 0 Å². The number of amides is 2. The first-order valence-electron chi connectivity index (χ1n) is 8.85. The lowest BCUT2D eigenvalue weighted by Gasteiger charge is -2.31. The number of quaternary nitrogens is 1. The van der Waals surface area contributed by atoms with Gasteiger partial charge in [0.15, 0.2) is 6.54 Å². The number of benzene rings is 2. The smallest absolute Gasteiger partial charge is 0.294 e. The van der Waals surface area contributed by atoms with Gasteiger partial charge >= 0.3 is 0 Å². The Morgan fingerprint density at radius 1 is 1.14 bits per heavy atom. The third kappa shape index (κ3) is 4.85. The predicted molar refractivity (Wildman–Crippen MR) is 105 cm³/mol. The summed E-state index contributed by atoms with van der Waals surface area (Å²) in [5.74, 6) is -0.329. The number of anilines is 1. The molecule has 0 bridgehead atoms. The predicted octanol–water partition coefficient (Wildman–Crippen LogP) is 1.23. The zero-order valence-electron chi connectivity index (χ0n) is 15.1. The molecule has 0 atom stereocenters. The molecule has 1 saturated heterocycles. The van der Waals surface area contributed by atoms with Crippen LogP contribution in [0.4, 0.5) is 11.4 Å². The molecule has 3 rings (SSSR count). The van der Waals surface area contributed by atoms with Crippen molar-refractivity contribution >= 4 is 34.8 Å². The lowest BCUT2D eigenvalue weighted by atomic mass is 10.2. The Hall–Kier alpha value is -2.97. The third-order valence-electron chi connectivity index (χ3n) is 4.62. The molecule has 1 aliphatic heterocycles. The summed E-state index contributed by atoms with van der Waals surface area (Å²) < 4.78 is 0. The molecule has 0 spiro atoms. The molecule has 2 N–H and O–H groups in total. The average Bonchev–Trinajstić information content (AvgIpc) is 2.70. The van der Waals surface area contributed by atoms with Gasteiger partial charge in [0.25, 0.3) is 17.5 Å². The van der Waals surface area contributed by atoms with E-state index in [0.29, 0.717) is 31.7 Å². The first-order chi connectivity index (χ1) is 13.4. The van der Waals surface area contributed by atoms with Crippen molar-refractivity contribution in [3.63, 3.8) is 0 Å². The van der Waals surface area contributed by atoms with Crippen LogP contribution in [0.15, 0.2) is 48.5 Å². The Labute approximate surface area is 166 Å². The van der Waals surface area contributed by atoms with Crippen LogP contribution < -0.4 is 10.2 Å². The molecule has 8 nitrogen and oxygen atoms in total. The van der Waals surface area contributed by atoms with Gasteiger partial charge in [0.1, 0.15) is 5.69 Å². The molecule has 0 saturated carbocycles. The Kier molecular flexibility index (Phi) is 6.23. The number of rotatable bonds is 5. The Balaban J connectivity index is 1.53. The third-order valence-corrected chi connectivity index (χ3v) is 4.85. The number of carbonyl (C=O) groups is 2. The number of nitrogens with one attached hydrogen (secondary N) is 2. The Morgan fingerprint density at radius 2 is 1.82 bits per heavy atom. The molecule has 0 aromatic heterocycles. The van der Waals surface area contributed by atoms with E-state index in [9.17, 15) is 19.7 Å². The number of hydrogen-bond donors (Lipinski definition) is 2.